The molecule has 0 aromatic carbocycles. The molecule has 0 radical (unpaired) electrons. The topological polar surface area (TPSA) is 53.1 Å². The molecule has 2 fully saturated rings. The average Bonchev–Trinajstić information content (AvgIpc) is 2.26. The van der Waals surface area contributed by atoms with Crippen molar-refractivity contribution < 1.29 is 0 Å². The lowest BCUT2D eigenvalue weighted by Crippen LogP contribution is -2.47. The quantitative estimate of drug-likeness (QED) is 0.431. The highest BCUT2D eigenvalue weighted by Gasteiger charge is 2.38. The van der Waals surface area contributed by atoms with Crippen LogP contribution in [0.4, 0.5) is 0 Å². The zero-order valence-corrected chi connectivity index (χ0v) is 6.66. The van der Waals surface area contributed by atoms with E-state index in [2.05, 4.69) is 0 Å². The molecule has 0 saturated carbocycles. The Hall–Kier alpha value is -0.410. The molecule has 0 aromatic heterocycles. The van der Waals surface area contributed by atoms with Crippen molar-refractivity contribution in [1.82, 2.24) is 5.01 Å². The Bertz CT molecular complexity index is 155. The maximum Gasteiger partial charge on any atom is 0.0251 e. The van der Waals surface area contributed by atoms with Crippen molar-refractivity contribution in [2.45, 2.75) is 37.8 Å². The van der Waals surface area contributed by atoms with Crippen LogP contribution in [0, 0.1) is 11.3 Å². The minimum atomic E-state index is 0.507. The molecule has 2 aliphatic rings. The summed E-state index contributed by atoms with van der Waals surface area (Å²) >= 11 is 0. The van der Waals surface area contributed by atoms with E-state index in [1.807, 2.05) is 5.01 Å². The van der Waals surface area contributed by atoms with Crippen molar-refractivity contribution in [2.75, 3.05) is 0 Å². The van der Waals surface area contributed by atoms with Gasteiger partial charge in [0, 0.05) is 12.1 Å². The Balaban J connectivity index is 2.07. The lowest BCUT2D eigenvalue weighted by Gasteiger charge is -2.33. The summed E-state index contributed by atoms with van der Waals surface area (Å²) in [6.45, 7) is 0. The van der Waals surface area contributed by atoms with Crippen LogP contribution in [-0.4, -0.2) is 23.3 Å². The fourth-order valence-corrected chi connectivity index (χ4v) is 2.39. The maximum atomic E-state index is 7.19. The Labute approximate surface area is 67.0 Å². The van der Waals surface area contributed by atoms with E-state index in [0.29, 0.717) is 18.0 Å². The average molecular weight is 153 g/mol. The van der Waals surface area contributed by atoms with E-state index < -0.39 is 0 Å². The van der Waals surface area contributed by atoms with Gasteiger partial charge in [0.1, 0.15) is 0 Å². The highest BCUT2D eigenvalue weighted by Crippen LogP contribution is 2.35. The van der Waals surface area contributed by atoms with Gasteiger partial charge in [-0.25, -0.2) is 5.01 Å². The largest absolute Gasteiger partial charge is 0.313 e. The van der Waals surface area contributed by atoms with Gasteiger partial charge < -0.3 is 5.41 Å². The fourth-order valence-electron chi connectivity index (χ4n) is 2.39. The third kappa shape index (κ3) is 1.08. The highest BCUT2D eigenvalue weighted by atomic mass is 15.5. The molecule has 3 nitrogen and oxygen atoms in total. The minimum Gasteiger partial charge on any atom is -0.313 e. The zero-order chi connectivity index (χ0) is 7.84. The molecule has 0 amide bonds. The number of hydrazine groups is 1. The maximum absolute atomic E-state index is 7.19. The number of nitrogens with zero attached hydrogens (tertiary/aromatic N) is 1. The highest BCUT2D eigenvalue weighted by molar-refractivity contribution is 5.57. The number of piperidine rings is 1. The lowest BCUT2D eigenvalue weighted by molar-refractivity contribution is 0.127. The smallest absolute Gasteiger partial charge is 0.0251 e. The van der Waals surface area contributed by atoms with E-state index in [1.165, 1.54) is 12.8 Å². The van der Waals surface area contributed by atoms with Crippen molar-refractivity contribution in [1.29, 1.82) is 5.41 Å². The van der Waals surface area contributed by atoms with Crippen molar-refractivity contribution in [3.63, 3.8) is 0 Å². The van der Waals surface area contributed by atoms with Gasteiger partial charge in [0.05, 0.1) is 0 Å². The molecule has 2 rings (SSSR count). The van der Waals surface area contributed by atoms with E-state index in [9.17, 15) is 0 Å². The molecule has 2 bridgehead atoms. The molecule has 2 heterocycles. The van der Waals surface area contributed by atoms with Crippen LogP contribution < -0.4 is 5.84 Å². The Kier molecular flexibility index (Phi) is 1.69. The lowest BCUT2D eigenvalue weighted by atomic mass is 9.93. The first-order chi connectivity index (χ1) is 5.31. The minimum absolute atomic E-state index is 0.507. The first-order valence-electron chi connectivity index (χ1n) is 4.35. The Morgan fingerprint density at radius 2 is 1.82 bits per heavy atom. The van der Waals surface area contributed by atoms with Gasteiger partial charge >= 0.3 is 0 Å². The fraction of sp³-hybridized carbons (Fsp3) is 0.875. The molecule has 3 N–H and O–H groups in total. The number of hydrogen-bond acceptors (Lipinski definition) is 3. The van der Waals surface area contributed by atoms with Gasteiger partial charge in [-0.2, -0.15) is 0 Å². The summed E-state index contributed by atoms with van der Waals surface area (Å²) in [4.78, 5) is 0. The van der Waals surface area contributed by atoms with Crippen LogP contribution in [0.25, 0.3) is 0 Å². The number of nitrogens with one attached hydrogen (secondary N) is 1. The van der Waals surface area contributed by atoms with Gasteiger partial charge in [-0.05, 0) is 37.8 Å². The summed E-state index contributed by atoms with van der Waals surface area (Å²) < 4.78 is 0. The van der Waals surface area contributed by atoms with Crippen molar-refractivity contribution in [3.8, 4) is 0 Å². The van der Waals surface area contributed by atoms with Crippen LogP contribution in [0.2, 0.25) is 0 Å². The van der Waals surface area contributed by atoms with E-state index in [4.69, 9.17) is 11.3 Å². The molecule has 3 heteroatoms. The predicted molar refractivity (Wildman–Crippen MR) is 44.3 cm³/mol. The van der Waals surface area contributed by atoms with Crippen molar-refractivity contribution in [3.05, 3.63) is 0 Å². The van der Waals surface area contributed by atoms with Crippen LogP contribution in [0.1, 0.15) is 25.7 Å². The standard InChI is InChI=1S/C8H15N3/c9-5-6-3-7-1-2-8(4-6)11(7)10/h5-9H,1-4,10H2. The van der Waals surface area contributed by atoms with Gasteiger partial charge in [0.2, 0.25) is 0 Å². The van der Waals surface area contributed by atoms with Gasteiger partial charge in [0.15, 0.2) is 0 Å². The summed E-state index contributed by atoms with van der Waals surface area (Å²) in [7, 11) is 0. The second kappa shape index (κ2) is 2.57. The summed E-state index contributed by atoms with van der Waals surface area (Å²) in [6.07, 6.45) is 6.29. The Morgan fingerprint density at radius 1 is 1.27 bits per heavy atom. The van der Waals surface area contributed by atoms with E-state index in [1.54, 1.807) is 6.21 Å². The van der Waals surface area contributed by atoms with Gasteiger partial charge in [-0.3, -0.25) is 5.84 Å². The zero-order valence-electron chi connectivity index (χ0n) is 6.66. The third-order valence-corrected chi connectivity index (χ3v) is 3.06. The van der Waals surface area contributed by atoms with Gasteiger partial charge in [-0.15, -0.1) is 0 Å². The molecule has 0 aromatic rings. The van der Waals surface area contributed by atoms with Gasteiger partial charge in [-0.1, -0.05) is 0 Å². The van der Waals surface area contributed by atoms with Crippen LogP contribution in [0.5, 0.6) is 0 Å². The summed E-state index contributed by atoms with van der Waals surface area (Å²) in [5.41, 5.74) is 0. The van der Waals surface area contributed by atoms with E-state index >= 15 is 0 Å². The summed E-state index contributed by atoms with van der Waals surface area (Å²) in [5, 5.41) is 9.20. The van der Waals surface area contributed by atoms with Crippen molar-refractivity contribution in [2.24, 2.45) is 11.8 Å². The molecular weight excluding hydrogens is 138 g/mol. The summed E-state index contributed by atoms with van der Waals surface area (Å²) in [6, 6.07) is 1.14. The molecule has 0 aliphatic carbocycles. The molecule has 0 spiro atoms. The van der Waals surface area contributed by atoms with E-state index in [-0.39, 0.29) is 0 Å². The molecule has 11 heavy (non-hydrogen) atoms. The van der Waals surface area contributed by atoms with Gasteiger partial charge in [0.25, 0.3) is 0 Å². The van der Waals surface area contributed by atoms with E-state index in [0.717, 1.165) is 12.8 Å². The van der Waals surface area contributed by atoms with Crippen LogP contribution >= 0.6 is 0 Å². The number of nitrogens with two attached hydrogens (primary N) is 1. The molecule has 2 aliphatic heterocycles. The second-order valence-electron chi connectivity index (χ2n) is 3.73. The molecule has 2 atom stereocenters. The molecule has 2 saturated heterocycles. The second-order valence-corrected chi connectivity index (χ2v) is 3.73. The number of rotatable bonds is 1. The van der Waals surface area contributed by atoms with Crippen molar-refractivity contribution >= 4 is 6.21 Å². The molecular formula is C8H15N3. The number of fused-ring (bicyclic) bond motifs is 2. The normalized spacial score (nSPS) is 44.3. The molecule has 2 unspecified atom stereocenters. The SMILES string of the molecule is N=CC1CC2CCC(C1)N2N. The number of hydrogen-bond donors (Lipinski definition) is 2. The summed E-state index contributed by atoms with van der Waals surface area (Å²) in [5.74, 6) is 6.37. The molecule has 62 valence electrons. The third-order valence-electron chi connectivity index (χ3n) is 3.06. The predicted octanol–water partition coefficient (Wildman–Crippen LogP) is 0.753. The van der Waals surface area contributed by atoms with Crippen LogP contribution in [0.3, 0.4) is 0 Å². The first-order valence-corrected chi connectivity index (χ1v) is 4.35. The Morgan fingerprint density at radius 3 is 2.27 bits per heavy atom. The monoisotopic (exact) mass is 153 g/mol. The van der Waals surface area contributed by atoms with Crippen LogP contribution in [-0.2, 0) is 0 Å². The first kappa shape index (κ1) is 7.25. The van der Waals surface area contributed by atoms with Crippen LogP contribution in [0.15, 0.2) is 0 Å².